The van der Waals surface area contributed by atoms with Crippen LogP contribution in [-0.2, 0) is 10.0 Å². The van der Waals surface area contributed by atoms with E-state index in [1.165, 1.54) is 10.4 Å². The molecule has 0 radical (unpaired) electrons. The van der Waals surface area contributed by atoms with Gasteiger partial charge in [-0.3, -0.25) is 9.89 Å². The average Bonchev–Trinajstić information content (AvgIpc) is 3.15. The number of hydrogen-bond donors (Lipinski definition) is 1. The van der Waals surface area contributed by atoms with Gasteiger partial charge in [0.05, 0.1) is 4.34 Å². The molecule has 124 valence electrons. The molecule has 23 heavy (non-hydrogen) atoms. The Morgan fingerprint density at radius 3 is 2.52 bits per heavy atom. The Balaban J connectivity index is 1.67. The fraction of sp³-hybridized carbons (Fsp3) is 0.385. The zero-order valence-corrected chi connectivity index (χ0v) is 14.7. The zero-order chi connectivity index (χ0) is 16.6. The van der Waals surface area contributed by atoms with Gasteiger partial charge in [-0.2, -0.15) is 9.40 Å². The van der Waals surface area contributed by atoms with Gasteiger partial charge in [-0.1, -0.05) is 11.6 Å². The van der Waals surface area contributed by atoms with Crippen LogP contribution in [0.4, 0.5) is 0 Å². The molecule has 1 fully saturated rings. The van der Waals surface area contributed by atoms with Crippen LogP contribution >= 0.6 is 22.9 Å². The van der Waals surface area contributed by atoms with Crippen LogP contribution in [0.3, 0.4) is 0 Å². The van der Waals surface area contributed by atoms with Gasteiger partial charge in [0.15, 0.2) is 0 Å². The molecule has 0 atom stereocenters. The molecule has 7 nitrogen and oxygen atoms in total. The van der Waals surface area contributed by atoms with E-state index >= 15 is 0 Å². The molecule has 1 aliphatic heterocycles. The lowest BCUT2D eigenvalue weighted by Crippen LogP contribution is -2.50. The summed E-state index contributed by atoms with van der Waals surface area (Å²) >= 11 is 6.85. The quantitative estimate of drug-likeness (QED) is 0.883. The highest BCUT2D eigenvalue weighted by Crippen LogP contribution is 2.28. The second-order valence-corrected chi connectivity index (χ2v) is 9.07. The van der Waals surface area contributed by atoms with E-state index in [9.17, 15) is 13.2 Å². The van der Waals surface area contributed by atoms with Crippen LogP contribution in [0.15, 0.2) is 22.4 Å². The maximum Gasteiger partial charge on any atom is 0.274 e. The second kappa shape index (κ2) is 6.23. The number of aromatic amines is 1. The smallest absolute Gasteiger partial charge is 0.274 e. The van der Waals surface area contributed by atoms with Crippen LogP contribution in [-0.4, -0.2) is 59.9 Å². The zero-order valence-electron chi connectivity index (χ0n) is 12.3. The third kappa shape index (κ3) is 3.27. The topological polar surface area (TPSA) is 86.4 Å². The second-order valence-electron chi connectivity index (χ2n) is 5.19. The van der Waals surface area contributed by atoms with Crippen LogP contribution in [0.25, 0.3) is 0 Å². The molecule has 0 saturated carbocycles. The lowest BCUT2D eigenvalue weighted by molar-refractivity contribution is 0.0692. The molecule has 0 aliphatic carbocycles. The van der Waals surface area contributed by atoms with Gasteiger partial charge in [-0.05, 0) is 25.1 Å². The van der Waals surface area contributed by atoms with Crippen LogP contribution in [0, 0.1) is 6.92 Å². The Kier molecular flexibility index (Phi) is 4.45. The number of nitrogens with zero attached hydrogens (tertiary/aromatic N) is 3. The number of piperazine rings is 1. The van der Waals surface area contributed by atoms with E-state index in [1.807, 2.05) is 6.92 Å². The lowest BCUT2D eigenvalue weighted by atomic mass is 10.3. The van der Waals surface area contributed by atoms with Crippen LogP contribution in [0.5, 0.6) is 0 Å². The molecule has 2 aromatic rings. The number of carbonyl (C=O) groups is 1. The SMILES string of the molecule is Cc1cc(C(=O)N2CCN(S(=O)(=O)c3ccc(Cl)s3)CC2)n[nH]1. The fourth-order valence-corrected chi connectivity index (χ4v) is 5.44. The van der Waals surface area contributed by atoms with E-state index in [2.05, 4.69) is 10.2 Å². The number of aryl methyl sites for hydroxylation is 1. The van der Waals surface area contributed by atoms with Crippen LogP contribution < -0.4 is 0 Å². The Labute approximate surface area is 142 Å². The molecular formula is C13H15ClN4O3S2. The monoisotopic (exact) mass is 374 g/mol. The van der Waals surface area contributed by atoms with Crippen molar-refractivity contribution in [2.24, 2.45) is 0 Å². The third-order valence-electron chi connectivity index (χ3n) is 3.59. The minimum atomic E-state index is -3.54. The van der Waals surface area contributed by atoms with Gasteiger partial charge >= 0.3 is 0 Å². The van der Waals surface area contributed by atoms with Crippen molar-refractivity contribution in [1.82, 2.24) is 19.4 Å². The highest BCUT2D eigenvalue weighted by atomic mass is 35.5. The molecule has 2 aromatic heterocycles. The van der Waals surface area contributed by atoms with E-state index in [0.29, 0.717) is 23.1 Å². The number of hydrogen-bond acceptors (Lipinski definition) is 5. The number of rotatable bonds is 3. The molecule has 3 heterocycles. The van der Waals surface area contributed by atoms with Gasteiger partial charge in [-0.25, -0.2) is 8.42 Å². The summed E-state index contributed by atoms with van der Waals surface area (Å²) < 4.78 is 27.1. The van der Waals surface area contributed by atoms with E-state index < -0.39 is 10.0 Å². The minimum Gasteiger partial charge on any atom is -0.335 e. The Morgan fingerprint density at radius 2 is 2.00 bits per heavy atom. The summed E-state index contributed by atoms with van der Waals surface area (Å²) in [5.41, 5.74) is 1.16. The molecule has 1 N–H and O–H groups in total. The molecule has 0 bridgehead atoms. The van der Waals surface area contributed by atoms with Crippen molar-refractivity contribution in [3.8, 4) is 0 Å². The van der Waals surface area contributed by atoms with E-state index in [-0.39, 0.29) is 23.2 Å². The number of amides is 1. The maximum absolute atomic E-state index is 12.5. The highest BCUT2D eigenvalue weighted by molar-refractivity contribution is 7.91. The number of aromatic nitrogens is 2. The summed E-state index contributed by atoms with van der Waals surface area (Å²) in [6.45, 7) is 3.01. The number of nitrogens with one attached hydrogen (secondary N) is 1. The van der Waals surface area contributed by atoms with Crippen LogP contribution in [0.1, 0.15) is 16.2 Å². The summed E-state index contributed by atoms with van der Waals surface area (Å²) in [7, 11) is -3.54. The van der Waals surface area contributed by atoms with Crippen molar-refractivity contribution in [1.29, 1.82) is 0 Å². The van der Waals surface area contributed by atoms with Crippen molar-refractivity contribution in [3.63, 3.8) is 0 Å². The predicted molar refractivity (Wildman–Crippen MR) is 87.3 cm³/mol. The normalized spacial score (nSPS) is 16.7. The summed E-state index contributed by atoms with van der Waals surface area (Å²) in [6, 6.07) is 4.75. The molecule has 10 heteroatoms. The average molecular weight is 375 g/mol. The number of carbonyl (C=O) groups excluding carboxylic acids is 1. The molecule has 1 amide bonds. The molecule has 1 saturated heterocycles. The van der Waals surface area contributed by atoms with Crippen molar-refractivity contribution < 1.29 is 13.2 Å². The van der Waals surface area contributed by atoms with Gasteiger partial charge < -0.3 is 4.90 Å². The largest absolute Gasteiger partial charge is 0.335 e. The van der Waals surface area contributed by atoms with Gasteiger partial charge in [0.2, 0.25) is 0 Å². The molecule has 1 aliphatic rings. The van der Waals surface area contributed by atoms with Crippen molar-refractivity contribution in [2.75, 3.05) is 26.2 Å². The third-order valence-corrected chi connectivity index (χ3v) is 7.19. The summed E-state index contributed by atoms with van der Waals surface area (Å²) in [5.74, 6) is -0.189. The Morgan fingerprint density at radius 1 is 1.30 bits per heavy atom. The predicted octanol–water partition coefficient (Wildman–Crippen LogP) is 1.58. The molecular weight excluding hydrogens is 360 g/mol. The first-order chi connectivity index (χ1) is 10.9. The standard InChI is InChI=1S/C13H15ClN4O3S2/c1-9-8-10(16-15-9)13(19)17-4-6-18(7-5-17)23(20,21)12-3-2-11(14)22-12/h2-3,8H,4-7H2,1H3,(H,15,16). The molecule has 0 spiro atoms. The number of sulfonamides is 1. The van der Waals surface area contributed by atoms with E-state index in [4.69, 9.17) is 11.6 Å². The van der Waals surface area contributed by atoms with Gasteiger partial charge in [0.25, 0.3) is 15.9 Å². The first-order valence-electron chi connectivity index (χ1n) is 6.95. The Hall–Kier alpha value is -1.42. The summed E-state index contributed by atoms with van der Waals surface area (Å²) in [6.07, 6.45) is 0. The first kappa shape index (κ1) is 16.4. The first-order valence-corrected chi connectivity index (χ1v) is 9.58. The lowest BCUT2D eigenvalue weighted by Gasteiger charge is -2.33. The van der Waals surface area contributed by atoms with Gasteiger partial charge in [0.1, 0.15) is 9.90 Å². The molecule has 3 rings (SSSR count). The van der Waals surface area contributed by atoms with E-state index in [1.54, 1.807) is 17.0 Å². The highest BCUT2D eigenvalue weighted by Gasteiger charge is 2.31. The van der Waals surface area contributed by atoms with Crippen LogP contribution in [0.2, 0.25) is 4.34 Å². The van der Waals surface area contributed by atoms with Crippen molar-refractivity contribution in [3.05, 3.63) is 33.9 Å². The number of halogens is 1. The van der Waals surface area contributed by atoms with Gasteiger partial charge in [-0.15, -0.1) is 11.3 Å². The summed E-state index contributed by atoms with van der Waals surface area (Å²) in [4.78, 5) is 13.9. The fourth-order valence-electron chi connectivity index (χ4n) is 2.38. The number of H-pyrrole nitrogens is 1. The summed E-state index contributed by atoms with van der Waals surface area (Å²) in [5, 5.41) is 6.68. The molecule has 0 aromatic carbocycles. The van der Waals surface area contributed by atoms with Crippen molar-refractivity contribution in [2.45, 2.75) is 11.1 Å². The minimum absolute atomic E-state index is 0.189. The molecule has 0 unspecified atom stereocenters. The Bertz CT molecular complexity index is 822. The van der Waals surface area contributed by atoms with Crippen molar-refractivity contribution >= 4 is 38.9 Å². The number of thiophene rings is 1. The van der Waals surface area contributed by atoms with Gasteiger partial charge in [0, 0.05) is 31.9 Å². The maximum atomic E-state index is 12.5. The van der Waals surface area contributed by atoms with E-state index in [0.717, 1.165) is 17.0 Å².